The van der Waals surface area contributed by atoms with Crippen LogP contribution in [0.2, 0.25) is 0 Å². The third kappa shape index (κ3) is 4.79. The summed E-state index contributed by atoms with van der Waals surface area (Å²) >= 11 is 0. The number of para-hydroxylation sites is 2. The Kier molecular flexibility index (Phi) is 6.39. The number of carbonyl (C=O) groups excluding carboxylic acids is 1. The predicted molar refractivity (Wildman–Crippen MR) is 102 cm³/mol. The van der Waals surface area contributed by atoms with Crippen molar-refractivity contribution in [1.29, 1.82) is 0 Å². The van der Waals surface area contributed by atoms with Gasteiger partial charge in [-0.1, -0.05) is 30.3 Å². The Balaban J connectivity index is 1.74. The average Bonchev–Trinajstić information content (AvgIpc) is 3.17. The van der Waals surface area contributed by atoms with Gasteiger partial charge in [-0.15, -0.1) is 0 Å². The fourth-order valence-electron chi connectivity index (χ4n) is 2.90. The number of carbonyl (C=O) groups is 1. The van der Waals surface area contributed by atoms with Crippen molar-refractivity contribution >= 4 is 5.91 Å². The van der Waals surface area contributed by atoms with Crippen molar-refractivity contribution in [2.45, 2.75) is 12.6 Å². The van der Waals surface area contributed by atoms with Gasteiger partial charge < -0.3 is 9.64 Å². The molecule has 1 aromatic heterocycles. The van der Waals surface area contributed by atoms with E-state index in [-0.39, 0.29) is 12.2 Å². The van der Waals surface area contributed by atoms with Gasteiger partial charge in [-0.3, -0.25) is 4.79 Å². The summed E-state index contributed by atoms with van der Waals surface area (Å²) in [6.07, 6.45) is -3.67. The quantitative estimate of drug-likeness (QED) is 0.415. The lowest BCUT2D eigenvalue weighted by Gasteiger charge is -2.19. The molecule has 1 heterocycles. The molecule has 9 heteroatoms. The summed E-state index contributed by atoms with van der Waals surface area (Å²) in [5.41, 5.74) is -2.34. The standard InChI is InChI=1S/C21H19F4N3O2/c1-27(12-7-13-30-15-8-3-2-4-9-15)20(29)16-14-26-28(19(16)21(23,24)25)18-11-6-5-10-17(18)22/h2-6,8-11,14H,7,12-13H2,1H3. The summed E-state index contributed by atoms with van der Waals surface area (Å²) in [4.78, 5) is 13.8. The van der Waals surface area contributed by atoms with E-state index in [0.29, 0.717) is 23.5 Å². The molecule has 0 saturated heterocycles. The summed E-state index contributed by atoms with van der Waals surface area (Å²) in [5, 5.41) is 3.64. The van der Waals surface area contributed by atoms with E-state index in [1.807, 2.05) is 18.2 Å². The first-order valence-electron chi connectivity index (χ1n) is 9.12. The lowest BCUT2D eigenvalue weighted by atomic mass is 10.2. The molecule has 0 unspecified atom stereocenters. The minimum atomic E-state index is -4.90. The molecular weight excluding hydrogens is 402 g/mol. The Bertz CT molecular complexity index is 1000. The molecule has 0 radical (unpaired) electrons. The van der Waals surface area contributed by atoms with Gasteiger partial charge in [0.15, 0.2) is 5.69 Å². The van der Waals surface area contributed by atoms with Crippen molar-refractivity contribution < 1.29 is 27.1 Å². The second kappa shape index (κ2) is 8.98. The van der Waals surface area contributed by atoms with E-state index in [9.17, 15) is 22.4 Å². The Morgan fingerprint density at radius 1 is 1.10 bits per heavy atom. The third-order valence-corrected chi connectivity index (χ3v) is 4.35. The molecule has 0 N–H and O–H groups in total. The molecule has 158 valence electrons. The number of aromatic nitrogens is 2. The smallest absolute Gasteiger partial charge is 0.434 e. The van der Waals surface area contributed by atoms with Gasteiger partial charge in [0.2, 0.25) is 0 Å². The summed E-state index contributed by atoms with van der Waals surface area (Å²) in [6.45, 7) is 0.468. The first-order chi connectivity index (χ1) is 14.3. The average molecular weight is 421 g/mol. The SMILES string of the molecule is CN(CCCOc1ccccc1)C(=O)c1cnn(-c2ccccc2F)c1C(F)(F)F. The van der Waals surface area contributed by atoms with Crippen molar-refractivity contribution in [1.82, 2.24) is 14.7 Å². The van der Waals surface area contributed by atoms with Crippen LogP contribution in [0.1, 0.15) is 22.5 Å². The maximum atomic E-state index is 14.0. The highest BCUT2D eigenvalue weighted by Crippen LogP contribution is 2.34. The van der Waals surface area contributed by atoms with Gasteiger partial charge in [-0.05, 0) is 30.7 Å². The number of hydrogen-bond acceptors (Lipinski definition) is 3. The summed E-state index contributed by atoms with van der Waals surface area (Å²) in [5.74, 6) is -1.07. The van der Waals surface area contributed by atoms with E-state index in [1.165, 1.54) is 19.2 Å². The molecule has 0 atom stereocenters. The van der Waals surface area contributed by atoms with E-state index < -0.39 is 29.2 Å². The van der Waals surface area contributed by atoms with E-state index in [1.54, 1.807) is 12.1 Å². The van der Waals surface area contributed by atoms with E-state index >= 15 is 0 Å². The highest BCUT2D eigenvalue weighted by atomic mass is 19.4. The van der Waals surface area contributed by atoms with Gasteiger partial charge in [0.25, 0.3) is 5.91 Å². The lowest BCUT2D eigenvalue weighted by Crippen LogP contribution is -2.30. The van der Waals surface area contributed by atoms with Gasteiger partial charge >= 0.3 is 6.18 Å². The normalized spacial score (nSPS) is 11.4. The first-order valence-corrected chi connectivity index (χ1v) is 9.12. The molecular formula is C21H19F4N3O2. The Labute approximate surface area is 170 Å². The molecule has 1 amide bonds. The van der Waals surface area contributed by atoms with Crippen LogP contribution in [0, 0.1) is 5.82 Å². The molecule has 0 aliphatic rings. The van der Waals surface area contributed by atoms with Crippen molar-refractivity contribution in [2.75, 3.05) is 20.2 Å². The largest absolute Gasteiger partial charge is 0.494 e. The minimum Gasteiger partial charge on any atom is -0.494 e. The highest BCUT2D eigenvalue weighted by molar-refractivity contribution is 5.95. The van der Waals surface area contributed by atoms with Crippen LogP contribution in [-0.4, -0.2) is 40.8 Å². The van der Waals surface area contributed by atoms with Crippen LogP contribution < -0.4 is 4.74 Å². The molecule has 5 nitrogen and oxygen atoms in total. The monoisotopic (exact) mass is 421 g/mol. The van der Waals surface area contributed by atoms with Gasteiger partial charge in [0, 0.05) is 13.6 Å². The molecule has 0 aliphatic heterocycles. The number of nitrogens with zero attached hydrogens (tertiary/aromatic N) is 3. The fraction of sp³-hybridized carbons (Fsp3) is 0.238. The zero-order valence-electron chi connectivity index (χ0n) is 16.1. The maximum absolute atomic E-state index is 14.0. The second-order valence-corrected chi connectivity index (χ2v) is 6.51. The van der Waals surface area contributed by atoms with Gasteiger partial charge in [-0.2, -0.15) is 18.3 Å². The molecule has 0 saturated carbocycles. The highest BCUT2D eigenvalue weighted by Gasteiger charge is 2.41. The number of hydrogen-bond donors (Lipinski definition) is 0. The lowest BCUT2D eigenvalue weighted by molar-refractivity contribution is -0.143. The van der Waals surface area contributed by atoms with E-state index in [0.717, 1.165) is 23.2 Å². The fourth-order valence-corrected chi connectivity index (χ4v) is 2.90. The summed E-state index contributed by atoms with van der Waals surface area (Å²) in [7, 11) is 1.39. The Morgan fingerprint density at radius 2 is 1.77 bits per heavy atom. The Morgan fingerprint density at radius 3 is 2.43 bits per heavy atom. The van der Waals surface area contributed by atoms with E-state index in [4.69, 9.17) is 4.74 Å². The third-order valence-electron chi connectivity index (χ3n) is 4.35. The molecule has 0 bridgehead atoms. The number of benzene rings is 2. The molecule has 0 fully saturated rings. The van der Waals surface area contributed by atoms with Crippen LogP contribution in [0.3, 0.4) is 0 Å². The predicted octanol–water partition coefficient (Wildman–Crippen LogP) is 4.57. The number of alkyl halides is 3. The van der Waals surface area contributed by atoms with Crippen molar-refractivity contribution in [2.24, 2.45) is 0 Å². The Hall–Kier alpha value is -3.36. The second-order valence-electron chi connectivity index (χ2n) is 6.51. The van der Waals surface area contributed by atoms with Crippen LogP contribution in [0.25, 0.3) is 5.69 Å². The van der Waals surface area contributed by atoms with Crippen molar-refractivity contribution in [3.63, 3.8) is 0 Å². The maximum Gasteiger partial charge on any atom is 0.434 e. The molecule has 3 rings (SSSR count). The topological polar surface area (TPSA) is 47.4 Å². The first kappa shape index (κ1) is 21.4. The number of rotatable bonds is 7. The minimum absolute atomic E-state index is 0.174. The number of amides is 1. The van der Waals surface area contributed by atoms with Crippen molar-refractivity contribution in [3.8, 4) is 11.4 Å². The number of ether oxygens (including phenoxy) is 1. The zero-order valence-corrected chi connectivity index (χ0v) is 16.1. The van der Waals surface area contributed by atoms with Crippen LogP contribution >= 0.6 is 0 Å². The van der Waals surface area contributed by atoms with Crippen LogP contribution in [0.4, 0.5) is 17.6 Å². The molecule has 3 aromatic rings. The van der Waals surface area contributed by atoms with Crippen LogP contribution in [0.15, 0.2) is 60.8 Å². The van der Waals surface area contributed by atoms with E-state index in [2.05, 4.69) is 5.10 Å². The zero-order chi connectivity index (χ0) is 21.7. The molecule has 2 aromatic carbocycles. The van der Waals surface area contributed by atoms with Crippen LogP contribution in [0.5, 0.6) is 5.75 Å². The summed E-state index contributed by atoms with van der Waals surface area (Å²) in [6, 6.07) is 14.0. The number of halogens is 4. The summed E-state index contributed by atoms with van der Waals surface area (Å²) < 4.78 is 61.1. The van der Waals surface area contributed by atoms with Crippen molar-refractivity contribution in [3.05, 3.63) is 77.9 Å². The molecule has 0 aliphatic carbocycles. The van der Waals surface area contributed by atoms with Crippen LogP contribution in [-0.2, 0) is 6.18 Å². The van der Waals surface area contributed by atoms with Gasteiger partial charge in [0.1, 0.15) is 17.3 Å². The molecule has 0 spiro atoms. The van der Waals surface area contributed by atoms with Gasteiger partial charge in [-0.25, -0.2) is 9.07 Å². The molecule has 30 heavy (non-hydrogen) atoms. The van der Waals surface area contributed by atoms with Gasteiger partial charge in [0.05, 0.1) is 18.4 Å².